The molecule has 0 atom stereocenters. The molecule has 130 valence electrons. The summed E-state index contributed by atoms with van der Waals surface area (Å²) in [7, 11) is 0. The number of hydrogen-bond acceptors (Lipinski definition) is 4. The van der Waals surface area contributed by atoms with Crippen molar-refractivity contribution >= 4 is 23.3 Å². The molecule has 0 aliphatic carbocycles. The van der Waals surface area contributed by atoms with E-state index >= 15 is 0 Å². The number of nitrogens with one attached hydrogen (secondary N) is 1. The zero-order valence-electron chi connectivity index (χ0n) is 14.5. The van der Waals surface area contributed by atoms with Crippen LogP contribution in [0.2, 0.25) is 0 Å². The topological polar surface area (TPSA) is 65.5 Å². The first-order valence-corrected chi connectivity index (χ1v) is 8.38. The van der Waals surface area contributed by atoms with Gasteiger partial charge in [-0.05, 0) is 43.2 Å². The number of nitrogens with zero attached hydrogens (tertiary/aromatic N) is 3. The maximum absolute atomic E-state index is 12.4. The Kier molecular flexibility index (Phi) is 4.97. The standard InChI is InChI=1S/C19H22N4O2/c1-14-5-3-7-16(13-14)22-9-11-23(12-10-22)19(25)18(24)21-17-15(2)6-4-8-20-17/h3-8,13H,9-12H2,1-2H3,(H,20,21,24). The first-order valence-electron chi connectivity index (χ1n) is 8.38. The summed E-state index contributed by atoms with van der Waals surface area (Å²) >= 11 is 0. The summed E-state index contributed by atoms with van der Waals surface area (Å²) in [5.41, 5.74) is 3.19. The molecule has 0 radical (unpaired) electrons. The molecule has 1 aliphatic heterocycles. The second kappa shape index (κ2) is 7.34. The fourth-order valence-corrected chi connectivity index (χ4v) is 2.91. The van der Waals surface area contributed by atoms with E-state index in [4.69, 9.17) is 0 Å². The van der Waals surface area contributed by atoms with Gasteiger partial charge in [0.2, 0.25) is 0 Å². The number of benzene rings is 1. The van der Waals surface area contributed by atoms with Crippen molar-refractivity contribution in [1.82, 2.24) is 9.88 Å². The van der Waals surface area contributed by atoms with Crippen molar-refractivity contribution in [3.05, 3.63) is 53.7 Å². The van der Waals surface area contributed by atoms with E-state index in [1.54, 1.807) is 17.2 Å². The van der Waals surface area contributed by atoms with E-state index in [2.05, 4.69) is 40.3 Å². The Balaban J connectivity index is 1.58. The molecule has 2 aromatic rings. The van der Waals surface area contributed by atoms with Crippen LogP contribution in [0.1, 0.15) is 11.1 Å². The molecule has 1 aliphatic rings. The Hall–Kier alpha value is -2.89. The third-order valence-corrected chi connectivity index (χ3v) is 4.37. The molecule has 1 N–H and O–H groups in total. The van der Waals surface area contributed by atoms with Crippen LogP contribution in [0.25, 0.3) is 0 Å². The number of carbonyl (C=O) groups is 2. The predicted octanol–water partition coefficient (Wildman–Crippen LogP) is 1.99. The Labute approximate surface area is 147 Å². The summed E-state index contributed by atoms with van der Waals surface area (Å²) in [6.07, 6.45) is 1.59. The lowest BCUT2D eigenvalue weighted by molar-refractivity contribution is -0.143. The molecular weight excluding hydrogens is 316 g/mol. The highest BCUT2D eigenvalue weighted by molar-refractivity contribution is 6.39. The molecule has 1 fully saturated rings. The van der Waals surface area contributed by atoms with Crippen molar-refractivity contribution < 1.29 is 9.59 Å². The zero-order chi connectivity index (χ0) is 17.8. The van der Waals surface area contributed by atoms with Gasteiger partial charge in [-0.15, -0.1) is 0 Å². The van der Waals surface area contributed by atoms with Gasteiger partial charge in [-0.3, -0.25) is 9.59 Å². The van der Waals surface area contributed by atoms with Gasteiger partial charge in [0.25, 0.3) is 0 Å². The number of carbonyl (C=O) groups excluding carboxylic acids is 2. The minimum absolute atomic E-state index is 0.430. The fourth-order valence-electron chi connectivity index (χ4n) is 2.91. The molecule has 0 spiro atoms. The van der Waals surface area contributed by atoms with Gasteiger partial charge in [-0.1, -0.05) is 18.2 Å². The van der Waals surface area contributed by atoms with Crippen LogP contribution in [0.5, 0.6) is 0 Å². The quantitative estimate of drug-likeness (QED) is 0.851. The number of aryl methyl sites for hydroxylation is 2. The largest absolute Gasteiger partial charge is 0.368 e. The first kappa shape index (κ1) is 17.0. The highest BCUT2D eigenvalue weighted by Gasteiger charge is 2.26. The number of anilines is 2. The molecule has 0 saturated carbocycles. The number of rotatable bonds is 2. The van der Waals surface area contributed by atoms with Crippen molar-refractivity contribution in [3.8, 4) is 0 Å². The van der Waals surface area contributed by atoms with Crippen LogP contribution in [0, 0.1) is 13.8 Å². The number of aromatic nitrogens is 1. The highest BCUT2D eigenvalue weighted by atomic mass is 16.2. The Bertz CT molecular complexity index is 782. The van der Waals surface area contributed by atoms with E-state index in [0.29, 0.717) is 32.0 Å². The summed E-state index contributed by atoms with van der Waals surface area (Å²) in [5.74, 6) is -0.709. The van der Waals surface area contributed by atoms with Crippen LogP contribution in [0.4, 0.5) is 11.5 Å². The molecular formula is C19H22N4O2. The first-order chi connectivity index (χ1) is 12.0. The number of hydrogen-bond donors (Lipinski definition) is 1. The molecule has 1 saturated heterocycles. The predicted molar refractivity (Wildman–Crippen MR) is 97.6 cm³/mol. The monoisotopic (exact) mass is 338 g/mol. The van der Waals surface area contributed by atoms with E-state index in [0.717, 1.165) is 11.3 Å². The Morgan fingerprint density at radius 1 is 1.04 bits per heavy atom. The van der Waals surface area contributed by atoms with Crippen LogP contribution in [0.3, 0.4) is 0 Å². The van der Waals surface area contributed by atoms with E-state index < -0.39 is 11.8 Å². The van der Waals surface area contributed by atoms with Crippen molar-refractivity contribution in [2.45, 2.75) is 13.8 Å². The average molecular weight is 338 g/mol. The minimum Gasteiger partial charge on any atom is -0.368 e. The summed E-state index contributed by atoms with van der Waals surface area (Å²) in [5, 5.41) is 2.60. The van der Waals surface area contributed by atoms with Crippen LogP contribution in [-0.2, 0) is 9.59 Å². The summed E-state index contributed by atoms with van der Waals surface area (Å²) < 4.78 is 0. The van der Waals surface area contributed by atoms with E-state index in [9.17, 15) is 9.59 Å². The molecule has 6 heteroatoms. The molecule has 1 aromatic heterocycles. The van der Waals surface area contributed by atoms with Gasteiger partial charge in [-0.25, -0.2) is 4.98 Å². The third-order valence-electron chi connectivity index (χ3n) is 4.37. The van der Waals surface area contributed by atoms with Gasteiger partial charge in [0.1, 0.15) is 5.82 Å². The SMILES string of the molecule is Cc1cccc(N2CCN(C(=O)C(=O)Nc3ncccc3C)CC2)c1. The molecule has 2 heterocycles. The molecule has 0 bridgehead atoms. The number of amides is 2. The van der Waals surface area contributed by atoms with Crippen molar-refractivity contribution in [2.75, 3.05) is 36.4 Å². The van der Waals surface area contributed by atoms with Crippen LogP contribution < -0.4 is 10.2 Å². The average Bonchev–Trinajstić information content (AvgIpc) is 2.63. The number of piperazine rings is 1. The van der Waals surface area contributed by atoms with Crippen LogP contribution >= 0.6 is 0 Å². The van der Waals surface area contributed by atoms with Crippen molar-refractivity contribution in [3.63, 3.8) is 0 Å². The van der Waals surface area contributed by atoms with E-state index in [1.807, 2.05) is 19.1 Å². The van der Waals surface area contributed by atoms with E-state index in [1.165, 1.54) is 5.56 Å². The Morgan fingerprint density at radius 2 is 1.80 bits per heavy atom. The third kappa shape index (κ3) is 3.96. The van der Waals surface area contributed by atoms with E-state index in [-0.39, 0.29) is 0 Å². The van der Waals surface area contributed by atoms with Gasteiger partial charge >= 0.3 is 11.8 Å². The van der Waals surface area contributed by atoms with Gasteiger partial charge in [0.15, 0.2) is 0 Å². The second-order valence-corrected chi connectivity index (χ2v) is 6.24. The number of pyridine rings is 1. The normalized spacial score (nSPS) is 14.3. The smallest absolute Gasteiger partial charge is 0.315 e. The molecule has 1 aromatic carbocycles. The van der Waals surface area contributed by atoms with Crippen LogP contribution in [-0.4, -0.2) is 47.9 Å². The van der Waals surface area contributed by atoms with Crippen LogP contribution in [0.15, 0.2) is 42.6 Å². The Morgan fingerprint density at radius 3 is 2.48 bits per heavy atom. The molecule has 3 rings (SSSR count). The fraction of sp³-hybridized carbons (Fsp3) is 0.316. The van der Waals surface area contributed by atoms with Gasteiger partial charge in [0, 0.05) is 38.1 Å². The zero-order valence-corrected chi connectivity index (χ0v) is 14.5. The van der Waals surface area contributed by atoms with Crippen molar-refractivity contribution in [1.29, 1.82) is 0 Å². The van der Waals surface area contributed by atoms with Gasteiger partial charge in [-0.2, -0.15) is 0 Å². The lowest BCUT2D eigenvalue weighted by Crippen LogP contribution is -2.51. The second-order valence-electron chi connectivity index (χ2n) is 6.24. The molecule has 2 amide bonds. The maximum atomic E-state index is 12.4. The highest BCUT2D eigenvalue weighted by Crippen LogP contribution is 2.18. The molecule has 0 unspecified atom stereocenters. The summed E-state index contributed by atoms with van der Waals surface area (Å²) in [4.78, 5) is 32.5. The summed E-state index contributed by atoms with van der Waals surface area (Å²) in [6.45, 7) is 6.39. The van der Waals surface area contributed by atoms with Gasteiger partial charge in [0.05, 0.1) is 0 Å². The minimum atomic E-state index is -0.634. The van der Waals surface area contributed by atoms with Crippen molar-refractivity contribution in [2.24, 2.45) is 0 Å². The lowest BCUT2D eigenvalue weighted by Gasteiger charge is -2.35. The molecule has 25 heavy (non-hydrogen) atoms. The van der Waals surface area contributed by atoms with Gasteiger partial charge < -0.3 is 15.1 Å². The summed E-state index contributed by atoms with van der Waals surface area (Å²) in [6, 6.07) is 11.9. The lowest BCUT2D eigenvalue weighted by atomic mass is 10.2. The molecule has 6 nitrogen and oxygen atoms in total. The maximum Gasteiger partial charge on any atom is 0.315 e.